The average Bonchev–Trinajstić information content (AvgIpc) is 2.69. The van der Waals surface area contributed by atoms with Gasteiger partial charge in [-0.2, -0.15) is 0 Å². The van der Waals surface area contributed by atoms with Crippen molar-refractivity contribution >= 4 is 29.9 Å². The lowest BCUT2D eigenvalue weighted by Crippen LogP contribution is -2.36. The Balaban J connectivity index is 0.00000392. The van der Waals surface area contributed by atoms with E-state index in [9.17, 15) is 0 Å². The van der Waals surface area contributed by atoms with Gasteiger partial charge < -0.3 is 24.8 Å². The number of methoxy groups -OCH3 is 2. The monoisotopic (exact) mass is 499 g/mol. The predicted octanol–water partition coefficient (Wildman–Crippen LogP) is 3.89. The molecule has 7 heteroatoms. The largest absolute Gasteiger partial charge is 0.496 e. The van der Waals surface area contributed by atoms with E-state index >= 15 is 0 Å². The van der Waals surface area contributed by atoms with Crippen LogP contribution in [-0.2, 0) is 13.1 Å². The number of aryl methyl sites for hydroxylation is 1. The minimum Gasteiger partial charge on any atom is -0.496 e. The molecule has 2 rings (SSSR count). The zero-order valence-electron chi connectivity index (χ0n) is 17.2. The Morgan fingerprint density at radius 3 is 2.29 bits per heavy atom. The van der Waals surface area contributed by atoms with Crippen molar-refractivity contribution in [3.8, 4) is 17.2 Å². The van der Waals surface area contributed by atoms with E-state index in [4.69, 9.17) is 14.2 Å². The van der Waals surface area contributed by atoms with Crippen LogP contribution in [-0.4, -0.2) is 33.8 Å². The Kier molecular flexibility index (Phi) is 10.5. The molecule has 0 spiro atoms. The van der Waals surface area contributed by atoms with Crippen LogP contribution in [0.3, 0.4) is 0 Å². The molecule has 0 atom stereocenters. The summed E-state index contributed by atoms with van der Waals surface area (Å²) in [5.41, 5.74) is 3.33. The molecule has 6 nitrogen and oxygen atoms in total. The lowest BCUT2D eigenvalue weighted by molar-refractivity contribution is 0.310. The molecule has 0 unspecified atom stereocenters. The van der Waals surface area contributed by atoms with E-state index in [0.29, 0.717) is 25.7 Å². The highest BCUT2D eigenvalue weighted by Crippen LogP contribution is 2.28. The van der Waals surface area contributed by atoms with Crippen molar-refractivity contribution in [2.45, 2.75) is 26.9 Å². The van der Waals surface area contributed by atoms with E-state index < -0.39 is 0 Å². The Hall–Kier alpha value is -2.16. The van der Waals surface area contributed by atoms with Gasteiger partial charge in [0.1, 0.15) is 5.75 Å². The molecular weight excluding hydrogens is 469 g/mol. The highest BCUT2D eigenvalue weighted by molar-refractivity contribution is 14.0. The summed E-state index contributed by atoms with van der Waals surface area (Å²) in [6, 6.07) is 12.1. The normalized spacial score (nSPS) is 10.7. The molecule has 0 amide bonds. The van der Waals surface area contributed by atoms with E-state index in [2.05, 4.69) is 27.8 Å². The molecule has 0 aliphatic heterocycles. The number of aliphatic imine (C=N–C) groups is 1. The smallest absolute Gasteiger partial charge is 0.191 e. The second-order valence-corrected chi connectivity index (χ2v) is 6.01. The third kappa shape index (κ3) is 6.78. The molecule has 0 radical (unpaired) electrons. The molecule has 0 bridgehead atoms. The van der Waals surface area contributed by atoms with E-state index in [-0.39, 0.29) is 24.0 Å². The second-order valence-electron chi connectivity index (χ2n) is 6.01. The Labute approximate surface area is 184 Å². The first-order chi connectivity index (χ1) is 13.1. The van der Waals surface area contributed by atoms with E-state index in [0.717, 1.165) is 28.4 Å². The number of halogens is 1. The van der Waals surface area contributed by atoms with Gasteiger partial charge in [0, 0.05) is 25.7 Å². The highest BCUT2D eigenvalue weighted by atomic mass is 127. The maximum Gasteiger partial charge on any atom is 0.191 e. The van der Waals surface area contributed by atoms with Crippen molar-refractivity contribution in [3.05, 3.63) is 53.1 Å². The summed E-state index contributed by atoms with van der Waals surface area (Å²) in [6.45, 7) is 5.83. The number of hydrogen-bond donors (Lipinski definition) is 2. The molecule has 0 heterocycles. The van der Waals surface area contributed by atoms with E-state index in [1.165, 1.54) is 5.56 Å². The minimum atomic E-state index is 0. The van der Waals surface area contributed by atoms with Gasteiger partial charge in [-0.05, 0) is 43.2 Å². The van der Waals surface area contributed by atoms with Crippen molar-refractivity contribution in [1.29, 1.82) is 0 Å². The number of rotatable bonds is 8. The molecule has 0 aromatic heterocycles. The van der Waals surface area contributed by atoms with Gasteiger partial charge in [0.25, 0.3) is 0 Å². The number of guanidine groups is 1. The predicted molar refractivity (Wildman–Crippen MR) is 124 cm³/mol. The summed E-state index contributed by atoms with van der Waals surface area (Å²) >= 11 is 0. The van der Waals surface area contributed by atoms with Crippen LogP contribution in [0.4, 0.5) is 0 Å². The summed E-state index contributed by atoms with van der Waals surface area (Å²) in [4.78, 5) is 4.28. The van der Waals surface area contributed by atoms with Gasteiger partial charge in [0.05, 0.1) is 20.8 Å². The fourth-order valence-corrected chi connectivity index (χ4v) is 2.68. The van der Waals surface area contributed by atoms with Crippen LogP contribution in [0.15, 0.2) is 41.4 Å². The van der Waals surface area contributed by atoms with Gasteiger partial charge in [0.2, 0.25) is 0 Å². The van der Waals surface area contributed by atoms with Crippen LogP contribution in [0.1, 0.15) is 23.6 Å². The maximum atomic E-state index is 5.63. The van der Waals surface area contributed by atoms with Crippen LogP contribution in [0.5, 0.6) is 17.2 Å². The first kappa shape index (κ1) is 23.9. The number of nitrogens with zero attached hydrogens (tertiary/aromatic N) is 1. The maximum absolute atomic E-state index is 5.63. The van der Waals surface area contributed by atoms with Crippen LogP contribution >= 0.6 is 24.0 Å². The molecule has 0 fully saturated rings. The minimum absolute atomic E-state index is 0. The fourth-order valence-electron chi connectivity index (χ4n) is 2.68. The van der Waals surface area contributed by atoms with Gasteiger partial charge in [-0.15, -0.1) is 24.0 Å². The summed E-state index contributed by atoms with van der Waals surface area (Å²) < 4.78 is 16.4. The molecular formula is C21H30IN3O3. The van der Waals surface area contributed by atoms with Crippen LogP contribution in [0.2, 0.25) is 0 Å². The highest BCUT2D eigenvalue weighted by Gasteiger charge is 2.07. The molecule has 0 saturated carbocycles. The van der Waals surface area contributed by atoms with Crippen molar-refractivity contribution in [3.63, 3.8) is 0 Å². The number of ether oxygens (including phenoxy) is 3. The van der Waals surface area contributed by atoms with E-state index in [1.54, 1.807) is 21.3 Å². The van der Waals surface area contributed by atoms with E-state index in [1.807, 2.05) is 38.1 Å². The topological polar surface area (TPSA) is 64.1 Å². The second kappa shape index (κ2) is 12.3. The van der Waals surface area contributed by atoms with Crippen LogP contribution < -0.4 is 24.8 Å². The Bertz CT molecular complexity index is 781. The van der Waals surface area contributed by atoms with Crippen molar-refractivity contribution < 1.29 is 14.2 Å². The molecule has 0 aliphatic carbocycles. The fraction of sp³-hybridized carbons (Fsp3) is 0.381. The lowest BCUT2D eigenvalue weighted by Gasteiger charge is -2.15. The van der Waals surface area contributed by atoms with Gasteiger partial charge in [0.15, 0.2) is 17.5 Å². The Morgan fingerprint density at radius 1 is 0.929 bits per heavy atom. The summed E-state index contributed by atoms with van der Waals surface area (Å²) in [6.07, 6.45) is 0. The quantitative estimate of drug-likeness (QED) is 0.328. The van der Waals surface area contributed by atoms with Gasteiger partial charge in [-0.25, -0.2) is 0 Å². The molecule has 2 aromatic carbocycles. The van der Waals surface area contributed by atoms with Crippen LogP contribution in [0, 0.1) is 6.92 Å². The summed E-state index contributed by atoms with van der Waals surface area (Å²) in [5, 5.41) is 6.63. The number of hydrogen-bond acceptors (Lipinski definition) is 4. The number of benzene rings is 2. The standard InChI is InChI=1S/C21H29N3O3.HI/c1-6-27-20-12-16(8-10-18(20)25-4)13-23-21(22-3)24-14-17-9-7-15(2)11-19(17)26-5;/h7-12H,6,13-14H2,1-5H3,(H2,22,23,24);1H. The summed E-state index contributed by atoms with van der Waals surface area (Å²) in [5.74, 6) is 3.06. The molecule has 2 N–H and O–H groups in total. The lowest BCUT2D eigenvalue weighted by atomic mass is 10.1. The third-order valence-corrected chi connectivity index (χ3v) is 4.10. The van der Waals surface area contributed by atoms with Gasteiger partial charge >= 0.3 is 0 Å². The zero-order chi connectivity index (χ0) is 19.6. The van der Waals surface area contributed by atoms with Crippen molar-refractivity contribution in [1.82, 2.24) is 10.6 Å². The molecule has 2 aromatic rings. The zero-order valence-corrected chi connectivity index (χ0v) is 19.5. The SMILES string of the molecule is CCOc1cc(CNC(=NC)NCc2ccc(C)cc2OC)ccc1OC.I. The number of nitrogens with one attached hydrogen (secondary N) is 2. The molecule has 28 heavy (non-hydrogen) atoms. The summed E-state index contributed by atoms with van der Waals surface area (Å²) in [7, 11) is 5.08. The van der Waals surface area contributed by atoms with Crippen molar-refractivity contribution in [2.24, 2.45) is 4.99 Å². The molecule has 154 valence electrons. The first-order valence-electron chi connectivity index (χ1n) is 8.99. The third-order valence-electron chi connectivity index (χ3n) is 4.10. The Morgan fingerprint density at radius 2 is 1.64 bits per heavy atom. The van der Waals surface area contributed by atoms with Crippen LogP contribution in [0.25, 0.3) is 0 Å². The average molecular weight is 499 g/mol. The molecule has 0 aliphatic rings. The van der Waals surface area contributed by atoms with Gasteiger partial charge in [-0.3, -0.25) is 4.99 Å². The van der Waals surface area contributed by atoms with Gasteiger partial charge in [-0.1, -0.05) is 18.2 Å². The first-order valence-corrected chi connectivity index (χ1v) is 8.99. The molecule has 0 saturated heterocycles. The van der Waals surface area contributed by atoms with Crippen molar-refractivity contribution in [2.75, 3.05) is 27.9 Å².